The molecular weight excluding hydrogens is 450 g/mol. The van der Waals surface area contributed by atoms with Crippen LogP contribution in [0.1, 0.15) is 49.8 Å². The summed E-state index contributed by atoms with van der Waals surface area (Å²) in [6.45, 7) is 4.57. The zero-order valence-corrected chi connectivity index (χ0v) is 20.3. The van der Waals surface area contributed by atoms with Crippen LogP contribution >= 0.6 is 23.4 Å². The molecule has 0 saturated carbocycles. The van der Waals surface area contributed by atoms with Crippen LogP contribution in [0, 0.1) is 0 Å². The van der Waals surface area contributed by atoms with E-state index < -0.39 is 5.97 Å². The average Bonchev–Trinajstić information content (AvgIpc) is 2.76. The second-order valence-corrected chi connectivity index (χ2v) is 8.70. The molecule has 0 heterocycles. The predicted octanol–water partition coefficient (Wildman–Crippen LogP) is 6.08. The maximum Gasteiger partial charge on any atom is 0.307 e. The van der Waals surface area contributed by atoms with Crippen molar-refractivity contribution in [3.63, 3.8) is 0 Å². The van der Waals surface area contributed by atoms with Crippen LogP contribution in [0.25, 0.3) is 0 Å². The van der Waals surface area contributed by atoms with Crippen molar-refractivity contribution in [2.45, 2.75) is 50.8 Å². The summed E-state index contributed by atoms with van der Waals surface area (Å²) in [7, 11) is 1.62. The molecule has 0 radical (unpaired) electrons. The van der Waals surface area contributed by atoms with E-state index in [-0.39, 0.29) is 6.42 Å². The fourth-order valence-corrected chi connectivity index (χ4v) is 4.59. The van der Waals surface area contributed by atoms with E-state index in [1.165, 1.54) is 0 Å². The number of carboxylic acids is 1. The maximum absolute atomic E-state index is 10.8. The van der Waals surface area contributed by atoms with Crippen molar-refractivity contribution in [1.82, 2.24) is 0 Å². The Morgan fingerprint density at radius 1 is 1.22 bits per heavy atom. The first-order chi connectivity index (χ1) is 15.4. The minimum Gasteiger partial charge on any atom is -0.496 e. The molecule has 0 aliphatic heterocycles. The zero-order valence-electron chi connectivity index (χ0n) is 18.7. The molecule has 6 nitrogen and oxygen atoms in total. The molecule has 0 bridgehead atoms. The first kappa shape index (κ1) is 25.9. The van der Waals surface area contributed by atoms with Gasteiger partial charge < -0.3 is 19.8 Å². The number of hydrogen-bond acceptors (Lipinski definition) is 6. The second-order valence-electron chi connectivity index (χ2n) is 7.16. The van der Waals surface area contributed by atoms with Crippen LogP contribution < -0.4 is 9.47 Å². The number of thioether (sulfide) groups is 1. The first-order valence-electron chi connectivity index (χ1n) is 10.6. The highest BCUT2D eigenvalue weighted by atomic mass is 35.5. The van der Waals surface area contributed by atoms with Gasteiger partial charge in [0.15, 0.2) is 0 Å². The summed E-state index contributed by atoms with van der Waals surface area (Å²) in [6, 6.07) is 9.15. The molecule has 0 unspecified atom stereocenters. The molecule has 0 aliphatic rings. The molecule has 0 aromatic heterocycles. The summed E-state index contributed by atoms with van der Waals surface area (Å²) < 4.78 is 11.7. The summed E-state index contributed by atoms with van der Waals surface area (Å²) >= 11 is 7.90. The lowest BCUT2D eigenvalue weighted by molar-refractivity contribution is -0.136. The van der Waals surface area contributed by atoms with Crippen molar-refractivity contribution in [3.8, 4) is 11.5 Å². The van der Waals surface area contributed by atoms with Crippen LogP contribution in [0.3, 0.4) is 0 Å². The molecule has 0 aliphatic carbocycles. The van der Waals surface area contributed by atoms with E-state index in [1.807, 2.05) is 25.1 Å². The Morgan fingerprint density at radius 2 is 2.00 bits per heavy atom. The minimum absolute atomic E-state index is 0.0369. The van der Waals surface area contributed by atoms with Gasteiger partial charge in [-0.1, -0.05) is 43.1 Å². The molecule has 2 N–H and O–H groups in total. The van der Waals surface area contributed by atoms with Crippen LogP contribution in [-0.4, -0.2) is 41.5 Å². The summed E-state index contributed by atoms with van der Waals surface area (Å²) in [6.07, 6.45) is 3.09. The third kappa shape index (κ3) is 7.07. The van der Waals surface area contributed by atoms with Crippen LogP contribution in [0.5, 0.6) is 11.5 Å². The number of ether oxygens (including phenoxy) is 2. The second kappa shape index (κ2) is 13.2. The monoisotopic (exact) mass is 479 g/mol. The van der Waals surface area contributed by atoms with E-state index in [2.05, 4.69) is 12.1 Å². The van der Waals surface area contributed by atoms with E-state index in [0.29, 0.717) is 35.1 Å². The summed E-state index contributed by atoms with van der Waals surface area (Å²) in [5.74, 6) is 1.41. The quantitative estimate of drug-likeness (QED) is 0.119. The molecule has 0 spiro atoms. The fraction of sp³-hybridized carbons (Fsp3) is 0.417. The number of hydrogen-bond donors (Lipinski definition) is 2. The van der Waals surface area contributed by atoms with Gasteiger partial charge in [-0.05, 0) is 49.1 Å². The number of methoxy groups -OCH3 is 1. The smallest absolute Gasteiger partial charge is 0.307 e. The number of nitrogens with zero attached hydrogens (tertiary/aromatic N) is 1. The molecule has 174 valence electrons. The van der Waals surface area contributed by atoms with E-state index in [4.69, 9.17) is 26.2 Å². The average molecular weight is 480 g/mol. The van der Waals surface area contributed by atoms with Gasteiger partial charge in [0.2, 0.25) is 0 Å². The lowest BCUT2D eigenvalue weighted by Gasteiger charge is -2.18. The normalized spacial score (nSPS) is 11.4. The highest BCUT2D eigenvalue weighted by molar-refractivity contribution is 7.99. The summed E-state index contributed by atoms with van der Waals surface area (Å²) in [5, 5.41) is 22.2. The number of carbonyl (C=O) groups is 1. The summed E-state index contributed by atoms with van der Waals surface area (Å²) in [4.78, 5) is 11.8. The standard InChI is InChI=1S/C24H30ClNO5S/c1-4-7-18-21(10-9-17(24(18)30-3)20(5-2)26-29)31-12-6-13-32-22-11-8-16(14-19(22)25)15-23(27)28/h8-11,14,29H,4-7,12-13,15H2,1-3H3,(H,27,28)/b26-20+. The molecule has 2 aromatic rings. The Kier molecular flexibility index (Phi) is 10.7. The van der Waals surface area contributed by atoms with Gasteiger partial charge >= 0.3 is 5.97 Å². The largest absolute Gasteiger partial charge is 0.496 e. The Hall–Kier alpha value is -2.38. The Bertz CT molecular complexity index is 948. The third-order valence-corrected chi connectivity index (χ3v) is 6.43. The molecule has 0 amide bonds. The number of aliphatic carboxylic acids is 1. The highest BCUT2D eigenvalue weighted by Gasteiger charge is 2.18. The van der Waals surface area contributed by atoms with E-state index in [1.54, 1.807) is 31.0 Å². The van der Waals surface area contributed by atoms with Gasteiger partial charge in [-0.3, -0.25) is 4.79 Å². The van der Waals surface area contributed by atoms with Gasteiger partial charge in [0.1, 0.15) is 11.5 Å². The van der Waals surface area contributed by atoms with Gasteiger partial charge in [0.05, 0.1) is 30.9 Å². The fourth-order valence-electron chi connectivity index (χ4n) is 3.38. The molecule has 32 heavy (non-hydrogen) atoms. The van der Waals surface area contributed by atoms with Crippen LogP contribution in [0.2, 0.25) is 5.02 Å². The molecule has 2 rings (SSSR count). The van der Waals surface area contributed by atoms with Crippen LogP contribution in [0.4, 0.5) is 0 Å². The zero-order chi connectivity index (χ0) is 23.5. The highest BCUT2D eigenvalue weighted by Crippen LogP contribution is 2.35. The lowest BCUT2D eigenvalue weighted by Crippen LogP contribution is -2.08. The van der Waals surface area contributed by atoms with E-state index >= 15 is 0 Å². The molecule has 8 heteroatoms. The number of benzene rings is 2. The molecule has 0 fully saturated rings. The molecule has 2 aromatic carbocycles. The molecule has 0 atom stereocenters. The van der Waals surface area contributed by atoms with Crippen LogP contribution in [0.15, 0.2) is 40.4 Å². The van der Waals surface area contributed by atoms with Gasteiger partial charge in [-0.2, -0.15) is 0 Å². The number of halogens is 1. The van der Waals surface area contributed by atoms with Gasteiger partial charge in [0.25, 0.3) is 0 Å². The van der Waals surface area contributed by atoms with Crippen molar-refractivity contribution >= 4 is 35.0 Å². The molecule has 0 saturated heterocycles. The number of rotatable bonds is 13. The van der Waals surface area contributed by atoms with Gasteiger partial charge in [-0.15, -0.1) is 11.8 Å². The van der Waals surface area contributed by atoms with Gasteiger partial charge in [0, 0.05) is 21.8 Å². The topological polar surface area (TPSA) is 88.4 Å². The summed E-state index contributed by atoms with van der Waals surface area (Å²) in [5.41, 5.74) is 3.03. The van der Waals surface area contributed by atoms with E-state index in [0.717, 1.165) is 46.8 Å². The Balaban J connectivity index is 2.00. The van der Waals surface area contributed by atoms with Crippen molar-refractivity contribution in [3.05, 3.63) is 52.0 Å². The molecular formula is C24H30ClNO5S. The minimum atomic E-state index is -0.875. The Morgan fingerprint density at radius 3 is 2.59 bits per heavy atom. The van der Waals surface area contributed by atoms with Crippen molar-refractivity contribution in [2.75, 3.05) is 19.5 Å². The third-order valence-electron chi connectivity index (χ3n) is 4.84. The van der Waals surface area contributed by atoms with E-state index in [9.17, 15) is 10.0 Å². The number of carboxylic acid groups (broad SMARTS) is 1. The first-order valence-corrected chi connectivity index (χ1v) is 12.0. The SMILES string of the molecule is CCCc1c(OCCCSc2ccc(CC(=O)O)cc2Cl)ccc(/C(CC)=N/O)c1OC. The van der Waals surface area contributed by atoms with Crippen molar-refractivity contribution in [1.29, 1.82) is 0 Å². The van der Waals surface area contributed by atoms with Crippen molar-refractivity contribution < 1.29 is 24.6 Å². The van der Waals surface area contributed by atoms with Crippen LogP contribution in [-0.2, 0) is 17.6 Å². The number of oxime groups is 1. The Labute approximate surface area is 198 Å². The maximum atomic E-state index is 10.8. The van der Waals surface area contributed by atoms with Gasteiger partial charge in [-0.25, -0.2) is 0 Å². The lowest BCUT2D eigenvalue weighted by atomic mass is 9.99. The predicted molar refractivity (Wildman–Crippen MR) is 129 cm³/mol. The van der Waals surface area contributed by atoms with Crippen molar-refractivity contribution in [2.24, 2.45) is 5.16 Å².